The number of benzene rings is 1. The van der Waals surface area contributed by atoms with E-state index in [9.17, 15) is 9.59 Å². The van der Waals surface area contributed by atoms with Crippen LogP contribution in [0.1, 0.15) is 29.8 Å². The van der Waals surface area contributed by atoms with Gasteiger partial charge in [0.15, 0.2) is 0 Å². The quantitative estimate of drug-likeness (QED) is 0.731. The Kier molecular flexibility index (Phi) is 4.35. The number of carbonyl (C=O) groups excluding carboxylic acids is 1. The number of hydrogen-bond acceptors (Lipinski definition) is 6. The van der Waals surface area contributed by atoms with Crippen molar-refractivity contribution in [3.05, 3.63) is 58.8 Å². The molecule has 0 atom stereocenters. The third-order valence-electron chi connectivity index (χ3n) is 4.45. The zero-order valence-corrected chi connectivity index (χ0v) is 14.1. The molecule has 0 saturated carbocycles. The highest BCUT2D eigenvalue weighted by Gasteiger charge is 2.16. The maximum absolute atomic E-state index is 12.5. The minimum absolute atomic E-state index is 0.0897. The molecular weight excluding hydrogens is 332 g/mol. The first-order valence-corrected chi connectivity index (χ1v) is 8.62. The molecule has 0 bridgehead atoms. The Hall–Kier alpha value is -3.22. The lowest BCUT2D eigenvalue weighted by atomic mass is 10.1. The Balaban J connectivity index is 1.58. The molecule has 26 heavy (non-hydrogen) atoms. The highest BCUT2D eigenvalue weighted by Crippen LogP contribution is 2.19. The fourth-order valence-corrected chi connectivity index (χ4v) is 3.10. The Morgan fingerprint density at radius 1 is 1.08 bits per heavy atom. The van der Waals surface area contributed by atoms with Crippen molar-refractivity contribution >= 4 is 28.4 Å². The molecule has 1 fully saturated rings. The maximum Gasteiger partial charge on any atom is 0.360 e. The molecule has 1 amide bonds. The van der Waals surface area contributed by atoms with Crippen molar-refractivity contribution in [2.45, 2.75) is 19.3 Å². The Morgan fingerprint density at radius 3 is 2.73 bits per heavy atom. The second kappa shape index (κ2) is 6.95. The van der Waals surface area contributed by atoms with E-state index in [1.807, 2.05) is 12.1 Å². The van der Waals surface area contributed by atoms with Crippen LogP contribution in [0, 0.1) is 0 Å². The Bertz CT molecular complexity index is 1010. The molecule has 1 N–H and O–H groups in total. The molecule has 3 heterocycles. The van der Waals surface area contributed by atoms with E-state index in [0.717, 1.165) is 37.1 Å². The first-order valence-electron chi connectivity index (χ1n) is 8.62. The molecule has 1 saturated heterocycles. The van der Waals surface area contributed by atoms with Crippen LogP contribution in [-0.4, -0.2) is 29.0 Å². The summed E-state index contributed by atoms with van der Waals surface area (Å²) in [5, 5.41) is 3.33. The van der Waals surface area contributed by atoms with Gasteiger partial charge in [-0.3, -0.25) is 4.79 Å². The van der Waals surface area contributed by atoms with Gasteiger partial charge in [0.2, 0.25) is 0 Å². The van der Waals surface area contributed by atoms with Crippen molar-refractivity contribution in [2.75, 3.05) is 23.3 Å². The summed E-state index contributed by atoms with van der Waals surface area (Å²) in [6, 6.07) is 10.4. The number of anilines is 2. The maximum atomic E-state index is 12.5. The summed E-state index contributed by atoms with van der Waals surface area (Å²) in [5.41, 5.74) is 0.187. The smallest absolute Gasteiger partial charge is 0.360 e. The van der Waals surface area contributed by atoms with Gasteiger partial charge in [-0.25, -0.2) is 14.8 Å². The minimum atomic E-state index is -0.595. The molecule has 0 unspecified atom stereocenters. The van der Waals surface area contributed by atoms with Gasteiger partial charge in [0.05, 0.1) is 0 Å². The summed E-state index contributed by atoms with van der Waals surface area (Å²) in [4.78, 5) is 35.1. The average molecular weight is 350 g/mol. The number of hydrogen-bond donors (Lipinski definition) is 1. The number of amides is 1. The van der Waals surface area contributed by atoms with Gasteiger partial charge in [-0.05, 0) is 31.4 Å². The summed E-state index contributed by atoms with van der Waals surface area (Å²) in [6.45, 7) is 1.85. The van der Waals surface area contributed by atoms with Crippen molar-refractivity contribution in [3.63, 3.8) is 0 Å². The molecule has 7 nitrogen and oxygen atoms in total. The van der Waals surface area contributed by atoms with Crippen molar-refractivity contribution in [3.8, 4) is 0 Å². The first-order chi connectivity index (χ1) is 12.7. The molecule has 7 heteroatoms. The van der Waals surface area contributed by atoms with Crippen LogP contribution in [0.2, 0.25) is 0 Å². The van der Waals surface area contributed by atoms with Crippen LogP contribution in [0.4, 0.5) is 11.5 Å². The van der Waals surface area contributed by atoms with E-state index in [4.69, 9.17) is 4.42 Å². The van der Waals surface area contributed by atoms with E-state index in [-0.39, 0.29) is 11.4 Å². The summed E-state index contributed by atoms with van der Waals surface area (Å²) < 4.78 is 5.24. The topological polar surface area (TPSA) is 88.3 Å². The lowest BCUT2D eigenvalue weighted by molar-refractivity contribution is 0.102. The third kappa shape index (κ3) is 3.28. The van der Waals surface area contributed by atoms with E-state index in [2.05, 4.69) is 20.2 Å². The molecule has 1 aliphatic rings. The number of rotatable bonds is 3. The third-order valence-corrected chi connectivity index (χ3v) is 4.45. The predicted octanol–water partition coefficient (Wildman–Crippen LogP) is 2.83. The van der Waals surface area contributed by atoms with Crippen LogP contribution >= 0.6 is 0 Å². The van der Waals surface area contributed by atoms with Gasteiger partial charge < -0.3 is 14.6 Å². The first kappa shape index (κ1) is 16.3. The number of aromatic nitrogens is 2. The molecule has 0 radical (unpaired) electrons. The monoisotopic (exact) mass is 350 g/mol. The lowest BCUT2D eigenvalue weighted by Crippen LogP contribution is -2.30. The van der Waals surface area contributed by atoms with Crippen LogP contribution in [0.5, 0.6) is 0 Å². The summed E-state index contributed by atoms with van der Waals surface area (Å²) in [7, 11) is 0. The number of para-hydroxylation sites is 1. The van der Waals surface area contributed by atoms with E-state index in [1.54, 1.807) is 24.3 Å². The molecule has 1 aliphatic heterocycles. The molecule has 3 aromatic rings. The van der Waals surface area contributed by atoms with Gasteiger partial charge in [0.25, 0.3) is 5.91 Å². The normalized spacial score (nSPS) is 14.4. The standard InChI is InChI=1S/C19H18N4O3/c24-18(14-11-17(21-12-20-14)23-8-4-1-5-9-23)22-15-10-13-6-2-3-7-16(13)26-19(15)25/h2-3,6-7,10-12H,1,4-5,8-9H2,(H,22,24). The highest BCUT2D eigenvalue weighted by atomic mass is 16.4. The molecule has 0 spiro atoms. The van der Waals surface area contributed by atoms with E-state index < -0.39 is 11.5 Å². The van der Waals surface area contributed by atoms with E-state index in [0.29, 0.717) is 5.58 Å². The number of nitrogens with zero attached hydrogens (tertiary/aromatic N) is 3. The zero-order valence-electron chi connectivity index (χ0n) is 14.1. The van der Waals surface area contributed by atoms with Crippen molar-refractivity contribution < 1.29 is 9.21 Å². The van der Waals surface area contributed by atoms with Crippen LogP contribution in [0.3, 0.4) is 0 Å². The number of carbonyl (C=O) groups is 1. The van der Waals surface area contributed by atoms with Gasteiger partial charge in [-0.2, -0.15) is 0 Å². The summed E-state index contributed by atoms with van der Waals surface area (Å²) in [5.74, 6) is 0.267. The van der Waals surface area contributed by atoms with Crippen molar-refractivity contribution in [2.24, 2.45) is 0 Å². The summed E-state index contributed by atoms with van der Waals surface area (Å²) in [6.07, 6.45) is 4.82. The molecule has 2 aromatic heterocycles. The Morgan fingerprint density at radius 2 is 1.88 bits per heavy atom. The lowest BCUT2D eigenvalue weighted by Gasteiger charge is -2.27. The molecule has 1 aromatic carbocycles. The SMILES string of the molecule is O=C(Nc1cc2ccccc2oc1=O)c1cc(N2CCCCC2)ncn1. The van der Waals surface area contributed by atoms with E-state index in [1.165, 1.54) is 12.7 Å². The summed E-state index contributed by atoms with van der Waals surface area (Å²) >= 11 is 0. The van der Waals surface area contributed by atoms with Crippen LogP contribution in [-0.2, 0) is 0 Å². The van der Waals surface area contributed by atoms with Crippen LogP contribution in [0.15, 0.2) is 51.9 Å². The average Bonchev–Trinajstić information content (AvgIpc) is 2.69. The molecule has 4 rings (SSSR count). The van der Waals surface area contributed by atoms with Crippen LogP contribution in [0.25, 0.3) is 11.0 Å². The van der Waals surface area contributed by atoms with Gasteiger partial charge in [-0.15, -0.1) is 0 Å². The van der Waals surface area contributed by atoms with Gasteiger partial charge in [0.1, 0.15) is 29.1 Å². The van der Waals surface area contributed by atoms with Crippen molar-refractivity contribution in [1.82, 2.24) is 9.97 Å². The highest BCUT2D eigenvalue weighted by molar-refractivity contribution is 6.03. The van der Waals surface area contributed by atoms with E-state index >= 15 is 0 Å². The number of piperidine rings is 1. The zero-order chi connectivity index (χ0) is 17.9. The van der Waals surface area contributed by atoms with Crippen molar-refractivity contribution in [1.29, 1.82) is 0 Å². The Labute approximate surface area is 149 Å². The fraction of sp³-hybridized carbons (Fsp3) is 0.263. The number of nitrogens with one attached hydrogen (secondary N) is 1. The number of fused-ring (bicyclic) bond motifs is 1. The fourth-order valence-electron chi connectivity index (χ4n) is 3.10. The van der Waals surface area contributed by atoms with Gasteiger partial charge >= 0.3 is 5.63 Å². The van der Waals surface area contributed by atoms with Crippen LogP contribution < -0.4 is 15.8 Å². The molecular formula is C19H18N4O3. The predicted molar refractivity (Wildman–Crippen MR) is 98.5 cm³/mol. The molecule has 0 aliphatic carbocycles. The minimum Gasteiger partial charge on any atom is -0.421 e. The van der Waals surface area contributed by atoms with Gasteiger partial charge in [-0.1, -0.05) is 18.2 Å². The second-order valence-electron chi connectivity index (χ2n) is 6.25. The molecule has 132 valence electrons. The largest absolute Gasteiger partial charge is 0.421 e. The second-order valence-corrected chi connectivity index (χ2v) is 6.25. The van der Waals surface area contributed by atoms with Gasteiger partial charge in [0, 0.05) is 24.5 Å².